The Hall–Kier alpha value is -2.92. The van der Waals surface area contributed by atoms with Crippen LogP contribution in [-0.2, 0) is 0 Å². The van der Waals surface area contributed by atoms with Crippen molar-refractivity contribution in [2.24, 2.45) is 0 Å². The molecule has 118 valence electrons. The Morgan fingerprint density at radius 2 is 1.88 bits per heavy atom. The molecule has 0 saturated heterocycles. The van der Waals surface area contributed by atoms with Crippen LogP contribution in [0.3, 0.4) is 0 Å². The van der Waals surface area contributed by atoms with Gasteiger partial charge in [-0.2, -0.15) is 4.98 Å². The second kappa shape index (κ2) is 5.94. The van der Waals surface area contributed by atoms with Crippen molar-refractivity contribution in [3.8, 4) is 11.3 Å². The molecule has 2 heterocycles. The quantitative estimate of drug-likeness (QED) is 0.571. The van der Waals surface area contributed by atoms with Crippen molar-refractivity contribution in [2.45, 2.75) is 6.92 Å². The zero-order valence-corrected chi connectivity index (χ0v) is 13.6. The van der Waals surface area contributed by atoms with Gasteiger partial charge in [0.1, 0.15) is 23.2 Å². The summed E-state index contributed by atoms with van der Waals surface area (Å²) in [5.41, 5.74) is 4.11. The van der Waals surface area contributed by atoms with Crippen molar-refractivity contribution < 1.29 is 4.52 Å². The van der Waals surface area contributed by atoms with Gasteiger partial charge in [0, 0.05) is 16.3 Å². The third-order valence-electron chi connectivity index (χ3n) is 3.67. The highest BCUT2D eigenvalue weighted by atomic mass is 35.5. The number of aryl methyl sites for hydroxylation is 1. The molecule has 0 aliphatic carbocycles. The largest absolute Gasteiger partial charge is 0.339 e. The molecule has 4 aromatic rings. The number of nitrogens with zero attached hydrogens (tertiary/aromatic N) is 3. The number of nitrogens with one attached hydrogen (secondary N) is 1. The average Bonchev–Trinajstić information content (AvgIpc) is 3.01. The van der Waals surface area contributed by atoms with Crippen LogP contribution in [0.15, 0.2) is 59.4 Å². The highest BCUT2D eigenvalue weighted by Crippen LogP contribution is 2.33. The number of aromatic nitrogens is 3. The van der Waals surface area contributed by atoms with E-state index in [9.17, 15) is 0 Å². The van der Waals surface area contributed by atoms with Gasteiger partial charge in [0.05, 0.1) is 0 Å². The Morgan fingerprint density at radius 1 is 1.04 bits per heavy atom. The van der Waals surface area contributed by atoms with Gasteiger partial charge < -0.3 is 9.84 Å². The maximum atomic E-state index is 5.96. The Balaban J connectivity index is 1.84. The van der Waals surface area contributed by atoms with Crippen molar-refractivity contribution in [1.82, 2.24) is 15.1 Å². The SMILES string of the molecule is Cc1cccc(Nc2ncnc3onc(-c4ccc(Cl)cc4)c23)c1. The van der Waals surface area contributed by atoms with Crippen molar-refractivity contribution in [3.05, 3.63) is 65.4 Å². The van der Waals surface area contributed by atoms with E-state index in [0.717, 1.165) is 22.2 Å². The number of halogens is 1. The minimum Gasteiger partial charge on any atom is -0.339 e. The molecule has 6 heteroatoms. The Morgan fingerprint density at radius 3 is 2.67 bits per heavy atom. The van der Waals surface area contributed by atoms with E-state index < -0.39 is 0 Å². The van der Waals surface area contributed by atoms with E-state index in [-0.39, 0.29) is 0 Å². The highest BCUT2D eigenvalue weighted by molar-refractivity contribution is 6.30. The van der Waals surface area contributed by atoms with Crippen LogP contribution in [0.4, 0.5) is 11.5 Å². The van der Waals surface area contributed by atoms with Crippen LogP contribution in [0, 0.1) is 6.92 Å². The first-order valence-corrected chi connectivity index (χ1v) is 7.78. The van der Waals surface area contributed by atoms with Gasteiger partial charge in [-0.05, 0) is 36.8 Å². The van der Waals surface area contributed by atoms with Crippen molar-refractivity contribution in [1.29, 1.82) is 0 Å². The van der Waals surface area contributed by atoms with Gasteiger partial charge in [-0.3, -0.25) is 0 Å². The minimum atomic E-state index is 0.435. The van der Waals surface area contributed by atoms with Crippen LogP contribution >= 0.6 is 11.6 Å². The average molecular weight is 337 g/mol. The van der Waals surface area contributed by atoms with Crippen LogP contribution in [0.5, 0.6) is 0 Å². The molecule has 0 aliphatic heterocycles. The molecule has 0 spiro atoms. The fraction of sp³-hybridized carbons (Fsp3) is 0.0556. The lowest BCUT2D eigenvalue weighted by atomic mass is 10.1. The predicted molar refractivity (Wildman–Crippen MR) is 94.5 cm³/mol. The molecule has 0 saturated carbocycles. The summed E-state index contributed by atoms with van der Waals surface area (Å²) in [4.78, 5) is 8.52. The van der Waals surface area contributed by atoms with Crippen LogP contribution in [0.2, 0.25) is 5.02 Å². The maximum Gasteiger partial charge on any atom is 0.263 e. The summed E-state index contributed by atoms with van der Waals surface area (Å²) < 4.78 is 5.36. The van der Waals surface area contributed by atoms with E-state index in [2.05, 4.69) is 20.4 Å². The topological polar surface area (TPSA) is 63.8 Å². The third-order valence-corrected chi connectivity index (χ3v) is 3.92. The van der Waals surface area contributed by atoms with E-state index >= 15 is 0 Å². The first-order chi connectivity index (χ1) is 11.7. The lowest BCUT2D eigenvalue weighted by Crippen LogP contribution is -1.96. The molecular weight excluding hydrogens is 324 g/mol. The number of benzene rings is 2. The molecule has 0 bridgehead atoms. The normalized spacial score (nSPS) is 10.9. The molecule has 0 atom stereocenters. The summed E-state index contributed by atoms with van der Waals surface area (Å²) in [6.45, 7) is 2.04. The predicted octanol–water partition coefficient (Wildman–Crippen LogP) is 4.99. The zero-order chi connectivity index (χ0) is 16.5. The van der Waals surface area contributed by atoms with Gasteiger partial charge in [-0.25, -0.2) is 4.98 Å². The summed E-state index contributed by atoms with van der Waals surface area (Å²) >= 11 is 5.96. The van der Waals surface area contributed by atoms with E-state index in [4.69, 9.17) is 16.1 Å². The van der Waals surface area contributed by atoms with Crippen LogP contribution in [0.25, 0.3) is 22.4 Å². The van der Waals surface area contributed by atoms with Crippen LogP contribution in [0.1, 0.15) is 5.56 Å². The second-order valence-electron chi connectivity index (χ2n) is 5.43. The molecule has 1 N–H and O–H groups in total. The minimum absolute atomic E-state index is 0.435. The van der Waals surface area contributed by atoms with Crippen molar-refractivity contribution >= 4 is 34.2 Å². The lowest BCUT2D eigenvalue weighted by Gasteiger charge is -2.07. The summed E-state index contributed by atoms with van der Waals surface area (Å²) in [6.07, 6.45) is 1.46. The summed E-state index contributed by atoms with van der Waals surface area (Å²) in [6, 6.07) is 15.5. The van der Waals surface area contributed by atoms with Crippen molar-refractivity contribution in [2.75, 3.05) is 5.32 Å². The number of rotatable bonds is 3. The molecule has 0 fully saturated rings. The lowest BCUT2D eigenvalue weighted by molar-refractivity contribution is 0.451. The molecule has 0 unspecified atom stereocenters. The van der Waals surface area contributed by atoms with Crippen LogP contribution < -0.4 is 5.32 Å². The molecule has 5 nitrogen and oxygen atoms in total. The Bertz CT molecular complexity index is 1010. The molecule has 0 amide bonds. The van der Waals surface area contributed by atoms with Crippen LogP contribution in [-0.4, -0.2) is 15.1 Å². The van der Waals surface area contributed by atoms with Gasteiger partial charge in [0.15, 0.2) is 0 Å². The Labute approximate surface area is 143 Å². The number of hydrogen-bond donors (Lipinski definition) is 1. The molecule has 2 aromatic heterocycles. The number of anilines is 2. The first kappa shape index (κ1) is 14.7. The monoisotopic (exact) mass is 336 g/mol. The van der Waals surface area contributed by atoms with Gasteiger partial charge >= 0.3 is 0 Å². The third kappa shape index (κ3) is 2.70. The molecule has 4 rings (SSSR count). The summed E-state index contributed by atoms with van der Waals surface area (Å²) in [7, 11) is 0. The summed E-state index contributed by atoms with van der Waals surface area (Å²) in [5, 5.41) is 8.88. The molecule has 2 aromatic carbocycles. The van der Waals surface area contributed by atoms with Gasteiger partial charge in [0.25, 0.3) is 5.71 Å². The summed E-state index contributed by atoms with van der Waals surface area (Å²) in [5.74, 6) is 0.650. The number of fused-ring (bicyclic) bond motifs is 1. The van der Waals surface area contributed by atoms with Gasteiger partial charge in [0.2, 0.25) is 0 Å². The highest BCUT2D eigenvalue weighted by Gasteiger charge is 2.16. The molecule has 0 radical (unpaired) electrons. The van der Waals surface area contributed by atoms with Crippen molar-refractivity contribution in [3.63, 3.8) is 0 Å². The fourth-order valence-corrected chi connectivity index (χ4v) is 2.67. The van der Waals surface area contributed by atoms with Gasteiger partial charge in [-0.15, -0.1) is 0 Å². The van der Waals surface area contributed by atoms with E-state index in [1.54, 1.807) is 0 Å². The fourth-order valence-electron chi connectivity index (χ4n) is 2.55. The van der Waals surface area contributed by atoms with E-state index in [1.807, 2.05) is 55.5 Å². The second-order valence-corrected chi connectivity index (χ2v) is 5.87. The standard InChI is InChI=1S/C18H13ClN4O/c1-11-3-2-4-14(9-11)22-17-15-16(12-5-7-13(19)8-6-12)23-24-18(15)21-10-20-17/h2-10H,1H3,(H,20,21,22). The zero-order valence-electron chi connectivity index (χ0n) is 12.8. The van der Waals surface area contributed by atoms with E-state index in [0.29, 0.717) is 22.2 Å². The number of hydrogen-bond acceptors (Lipinski definition) is 5. The Kier molecular flexibility index (Phi) is 3.63. The smallest absolute Gasteiger partial charge is 0.263 e. The van der Waals surface area contributed by atoms with E-state index in [1.165, 1.54) is 6.33 Å². The maximum absolute atomic E-state index is 5.96. The first-order valence-electron chi connectivity index (χ1n) is 7.41. The molecular formula is C18H13ClN4O. The molecule has 0 aliphatic rings. The molecule has 24 heavy (non-hydrogen) atoms. The van der Waals surface area contributed by atoms with Gasteiger partial charge in [-0.1, -0.05) is 41.0 Å².